The van der Waals surface area contributed by atoms with E-state index in [1.807, 2.05) is 30.3 Å². The van der Waals surface area contributed by atoms with Crippen molar-refractivity contribution < 1.29 is 17.9 Å². The third kappa shape index (κ3) is 6.76. The van der Waals surface area contributed by atoms with E-state index in [0.29, 0.717) is 0 Å². The summed E-state index contributed by atoms with van der Waals surface area (Å²) in [5.41, 5.74) is 1.09. The number of benzene rings is 3. The van der Waals surface area contributed by atoms with E-state index in [4.69, 9.17) is 51.1 Å². The molecule has 0 saturated carbocycles. The van der Waals surface area contributed by atoms with Crippen LogP contribution in [-0.2, 0) is 14.8 Å². The molecule has 0 heterocycles. The van der Waals surface area contributed by atoms with Crippen LogP contribution in [0.5, 0.6) is 5.75 Å². The number of amides is 1. The lowest BCUT2D eigenvalue weighted by Gasteiger charge is -2.15. The summed E-state index contributed by atoms with van der Waals surface area (Å²) in [4.78, 5) is 12.2. The Balaban J connectivity index is 1.64. The van der Waals surface area contributed by atoms with Crippen molar-refractivity contribution >= 4 is 68.0 Å². The minimum Gasteiger partial charge on any atom is -0.482 e. The van der Waals surface area contributed by atoms with Crippen LogP contribution >= 0.6 is 46.4 Å². The number of nitrogens with one attached hydrogen (secondary N) is 2. The Morgan fingerprint density at radius 2 is 1.58 bits per heavy atom. The third-order valence-corrected chi connectivity index (χ3v) is 7.36. The van der Waals surface area contributed by atoms with Gasteiger partial charge < -0.3 is 10.1 Å². The van der Waals surface area contributed by atoms with Crippen molar-refractivity contribution in [3.63, 3.8) is 0 Å². The molecule has 0 spiro atoms. The van der Waals surface area contributed by atoms with Crippen LogP contribution in [0.4, 0.5) is 5.69 Å². The van der Waals surface area contributed by atoms with Crippen molar-refractivity contribution in [2.75, 3.05) is 11.9 Å². The zero-order chi connectivity index (χ0) is 24.2. The molecule has 1 atom stereocenters. The summed E-state index contributed by atoms with van der Waals surface area (Å²) in [7, 11) is -3.84. The van der Waals surface area contributed by atoms with E-state index < -0.39 is 28.6 Å². The number of anilines is 1. The molecule has 0 saturated heterocycles. The normalized spacial score (nSPS) is 12.3. The van der Waals surface area contributed by atoms with Gasteiger partial charge in [-0.05, 0) is 42.8 Å². The van der Waals surface area contributed by atoms with E-state index in [1.165, 1.54) is 30.3 Å². The molecule has 0 aliphatic heterocycles. The Hall–Kier alpha value is -2.00. The molecule has 3 aromatic rings. The van der Waals surface area contributed by atoms with Crippen molar-refractivity contribution in [3.05, 3.63) is 86.3 Å². The van der Waals surface area contributed by atoms with E-state index in [0.717, 1.165) is 5.56 Å². The molecule has 11 heteroatoms. The highest BCUT2D eigenvalue weighted by Gasteiger charge is 2.20. The Kier molecular flexibility index (Phi) is 8.50. The van der Waals surface area contributed by atoms with Gasteiger partial charge in [-0.1, -0.05) is 76.7 Å². The summed E-state index contributed by atoms with van der Waals surface area (Å²) in [6.07, 6.45) is 0. The van der Waals surface area contributed by atoms with Gasteiger partial charge in [0, 0.05) is 6.04 Å². The maximum absolute atomic E-state index is 12.7. The van der Waals surface area contributed by atoms with Gasteiger partial charge in [-0.25, -0.2) is 13.1 Å². The highest BCUT2D eigenvalue weighted by Crippen LogP contribution is 2.32. The summed E-state index contributed by atoms with van der Waals surface area (Å²) >= 11 is 24.0. The van der Waals surface area contributed by atoms with Crippen LogP contribution in [0, 0.1) is 0 Å². The van der Waals surface area contributed by atoms with Crippen LogP contribution in [0.2, 0.25) is 20.1 Å². The summed E-state index contributed by atoms with van der Waals surface area (Å²) in [5.74, 6) is -0.386. The first-order valence-corrected chi connectivity index (χ1v) is 12.5. The van der Waals surface area contributed by atoms with Crippen LogP contribution in [-0.4, -0.2) is 20.9 Å². The zero-order valence-corrected chi connectivity index (χ0v) is 21.0. The standard InChI is InChI=1S/C22H18Cl4N2O4S/c1-13(14-5-3-2-4-6-14)28-33(30,31)15-7-8-21(19(26)9-15)32-12-22(29)27-20-11-17(24)16(23)10-18(20)25/h2-11,13,28H,12H2,1H3,(H,27,29)/t13-/m1/s1. The van der Waals surface area contributed by atoms with Gasteiger partial charge >= 0.3 is 0 Å². The number of halogens is 4. The van der Waals surface area contributed by atoms with Gasteiger partial charge in [0.1, 0.15) is 5.75 Å². The molecule has 0 bridgehead atoms. The number of hydrogen-bond donors (Lipinski definition) is 2. The molecule has 0 aliphatic carbocycles. The van der Waals surface area contributed by atoms with Crippen molar-refractivity contribution in [1.82, 2.24) is 4.72 Å². The van der Waals surface area contributed by atoms with Gasteiger partial charge in [-0.3, -0.25) is 4.79 Å². The maximum atomic E-state index is 12.7. The first-order valence-electron chi connectivity index (χ1n) is 9.51. The number of rotatable bonds is 8. The molecular weight excluding hydrogens is 530 g/mol. The summed E-state index contributed by atoms with van der Waals surface area (Å²) in [6.45, 7) is 1.34. The van der Waals surface area contributed by atoms with Crippen molar-refractivity contribution in [1.29, 1.82) is 0 Å². The molecule has 6 nitrogen and oxygen atoms in total. The van der Waals surface area contributed by atoms with Crippen LogP contribution in [0.25, 0.3) is 0 Å². The van der Waals surface area contributed by atoms with Gasteiger partial charge in [0.15, 0.2) is 6.61 Å². The maximum Gasteiger partial charge on any atom is 0.262 e. The Morgan fingerprint density at radius 3 is 2.24 bits per heavy atom. The van der Waals surface area contributed by atoms with Crippen molar-refractivity contribution in [2.24, 2.45) is 0 Å². The molecule has 1 amide bonds. The number of carbonyl (C=O) groups excluding carboxylic acids is 1. The molecule has 3 aromatic carbocycles. The zero-order valence-electron chi connectivity index (χ0n) is 17.1. The second-order valence-electron chi connectivity index (χ2n) is 6.93. The molecule has 0 radical (unpaired) electrons. The minimum absolute atomic E-state index is 0.0327. The fourth-order valence-corrected chi connectivity index (χ4v) is 4.98. The third-order valence-electron chi connectivity index (χ3n) is 4.49. The Morgan fingerprint density at radius 1 is 0.909 bits per heavy atom. The number of hydrogen-bond acceptors (Lipinski definition) is 4. The van der Waals surface area contributed by atoms with E-state index in [9.17, 15) is 13.2 Å². The molecule has 0 aromatic heterocycles. The van der Waals surface area contributed by atoms with Gasteiger partial charge in [0.05, 0.1) is 30.7 Å². The van der Waals surface area contributed by atoms with E-state index in [2.05, 4.69) is 10.0 Å². The smallest absolute Gasteiger partial charge is 0.262 e. The molecule has 0 aliphatic rings. The second-order valence-corrected chi connectivity index (χ2v) is 10.3. The molecule has 0 fully saturated rings. The van der Waals surface area contributed by atoms with Crippen LogP contribution in [0.3, 0.4) is 0 Å². The Labute approximate surface area is 211 Å². The highest BCUT2D eigenvalue weighted by molar-refractivity contribution is 7.89. The summed E-state index contributed by atoms with van der Waals surface area (Å²) in [6, 6.07) is 15.5. The predicted molar refractivity (Wildman–Crippen MR) is 132 cm³/mol. The highest BCUT2D eigenvalue weighted by atomic mass is 35.5. The fraction of sp³-hybridized carbons (Fsp3) is 0.136. The second kappa shape index (κ2) is 11.0. The van der Waals surface area contributed by atoms with Crippen molar-refractivity contribution in [2.45, 2.75) is 17.9 Å². The largest absolute Gasteiger partial charge is 0.482 e. The quantitative estimate of drug-likeness (QED) is 0.321. The van der Waals surface area contributed by atoms with Gasteiger partial charge in [-0.2, -0.15) is 0 Å². The Bertz CT molecular complexity index is 1270. The molecule has 3 rings (SSSR count). The lowest BCUT2D eigenvalue weighted by Crippen LogP contribution is -2.27. The topological polar surface area (TPSA) is 84.5 Å². The SMILES string of the molecule is C[C@@H](NS(=O)(=O)c1ccc(OCC(=O)Nc2cc(Cl)c(Cl)cc2Cl)c(Cl)c1)c1ccccc1. The van der Waals surface area contributed by atoms with Crippen LogP contribution < -0.4 is 14.8 Å². The molecule has 0 unspecified atom stereocenters. The average molecular weight is 548 g/mol. The van der Waals surface area contributed by atoms with Crippen LogP contribution in [0.1, 0.15) is 18.5 Å². The van der Waals surface area contributed by atoms with E-state index in [-0.39, 0.29) is 36.4 Å². The minimum atomic E-state index is -3.84. The van der Waals surface area contributed by atoms with E-state index >= 15 is 0 Å². The van der Waals surface area contributed by atoms with Gasteiger partial charge in [-0.15, -0.1) is 0 Å². The van der Waals surface area contributed by atoms with Crippen molar-refractivity contribution in [3.8, 4) is 5.75 Å². The fourth-order valence-electron chi connectivity index (χ4n) is 2.82. The number of ether oxygens (including phenoxy) is 1. The lowest BCUT2D eigenvalue weighted by molar-refractivity contribution is -0.118. The lowest BCUT2D eigenvalue weighted by atomic mass is 10.1. The number of carbonyl (C=O) groups is 1. The van der Waals surface area contributed by atoms with E-state index in [1.54, 1.807) is 6.92 Å². The van der Waals surface area contributed by atoms with Gasteiger partial charge in [0.2, 0.25) is 10.0 Å². The first kappa shape index (κ1) is 25.6. The first-order chi connectivity index (χ1) is 15.6. The molecule has 33 heavy (non-hydrogen) atoms. The molecule has 2 N–H and O–H groups in total. The monoisotopic (exact) mass is 546 g/mol. The molecule has 174 valence electrons. The van der Waals surface area contributed by atoms with Gasteiger partial charge in [0.25, 0.3) is 5.91 Å². The van der Waals surface area contributed by atoms with Crippen LogP contribution in [0.15, 0.2) is 65.6 Å². The summed E-state index contributed by atoms with van der Waals surface area (Å²) < 4.78 is 33.5. The summed E-state index contributed by atoms with van der Waals surface area (Å²) in [5, 5.41) is 3.28. The molecular formula is C22H18Cl4N2O4S. The number of sulfonamides is 1. The average Bonchev–Trinajstić information content (AvgIpc) is 2.77. The predicted octanol–water partition coefficient (Wildman–Crippen LogP) is 6.36.